The lowest BCUT2D eigenvalue weighted by atomic mass is 10.2. The Bertz CT molecular complexity index is 1050. The number of nitrogens with two attached hydrogens (primary N) is 1. The monoisotopic (exact) mass is 564 g/mol. The molecule has 0 unspecified atom stereocenters. The Balaban J connectivity index is 1.51. The zero-order chi connectivity index (χ0) is 22.9. The van der Waals surface area contributed by atoms with E-state index in [1.807, 2.05) is 36.4 Å². The van der Waals surface area contributed by atoms with E-state index in [2.05, 4.69) is 79.5 Å². The second-order valence-electron chi connectivity index (χ2n) is 6.65. The van der Waals surface area contributed by atoms with Gasteiger partial charge in [0.05, 0.1) is 12.0 Å². The Labute approximate surface area is 205 Å². The van der Waals surface area contributed by atoms with Crippen LogP contribution >= 0.6 is 34.4 Å². The third kappa shape index (κ3) is 6.60. The molecule has 0 aliphatic carbocycles. The normalized spacial score (nSPS) is 11.0. The highest BCUT2D eigenvalue weighted by Crippen LogP contribution is 2.18. The van der Waals surface area contributed by atoms with Gasteiger partial charge in [-0.05, 0) is 78.4 Å². The average Bonchev–Trinajstić information content (AvgIpc) is 3.15. The fourth-order valence-electron chi connectivity index (χ4n) is 2.84. The number of carbonyl (C=O) groups excluding carboxylic acids is 1. The van der Waals surface area contributed by atoms with E-state index in [-0.39, 0.29) is 17.6 Å². The average molecular weight is 564 g/mol. The van der Waals surface area contributed by atoms with Crippen molar-refractivity contribution in [3.8, 4) is 0 Å². The number of carbonyl (C=O) groups is 1. The number of nitrogen functional groups attached to an aromatic ring is 1. The van der Waals surface area contributed by atoms with Crippen LogP contribution in [0.25, 0.3) is 0 Å². The zero-order valence-corrected chi connectivity index (χ0v) is 20.8. The van der Waals surface area contributed by atoms with Crippen molar-refractivity contribution in [2.45, 2.75) is 19.0 Å². The lowest BCUT2D eigenvalue weighted by Crippen LogP contribution is -2.21. The second kappa shape index (κ2) is 11.7. The molecule has 32 heavy (non-hydrogen) atoms. The summed E-state index contributed by atoms with van der Waals surface area (Å²) < 4.78 is 2.37. The molecule has 0 fully saturated rings. The van der Waals surface area contributed by atoms with Crippen LogP contribution in [0.2, 0.25) is 0 Å². The molecule has 1 heterocycles. The summed E-state index contributed by atoms with van der Waals surface area (Å²) in [4.78, 5) is 14.4. The lowest BCUT2D eigenvalue weighted by Gasteiger charge is -2.20. The van der Waals surface area contributed by atoms with Gasteiger partial charge < -0.3 is 16.1 Å². The van der Waals surface area contributed by atoms with Gasteiger partial charge in [0, 0.05) is 28.0 Å². The summed E-state index contributed by atoms with van der Waals surface area (Å²) >= 11 is 3.40. The molecule has 3 aromatic rings. The highest BCUT2D eigenvalue weighted by Gasteiger charge is 2.12. The van der Waals surface area contributed by atoms with Crippen LogP contribution in [0.1, 0.15) is 19.4 Å². The van der Waals surface area contributed by atoms with Crippen LogP contribution in [0.4, 0.5) is 17.3 Å². The maximum absolute atomic E-state index is 12.1. The minimum atomic E-state index is -0.153. The number of hydrogen-bond acceptors (Lipinski definition) is 8. The van der Waals surface area contributed by atoms with Crippen molar-refractivity contribution in [3.05, 3.63) is 57.7 Å². The summed E-state index contributed by atoms with van der Waals surface area (Å²) in [5.41, 5.74) is 5.64. The topological polar surface area (TPSA) is 113 Å². The molecule has 0 bridgehead atoms. The summed E-state index contributed by atoms with van der Waals surface area (Å²) in [6.45, 7) is 6.19. The molecule has 0 radical (unpaired) electrons. The van der Waals surface area contributed by atoms with Gasteiger partial charge in [-0.15, -0.1) is 10.2 Å². The van der Waals surface area contributed by atoms with E-state index in [0.717, 1.165) is 27.9 Å². The predicted octanol–water partition coefficient (Wildman–Crippen LogP) is 3.62. The van der Waals surface area contributed by atoms with Crippen LogP contribution in [-0.4, -0.2) is 45.8 Å². The van der Waals surface area contributed by atoms with Crippen molar-refractivity contribution >= 4 is 63.8 Å². The number of nitrogens with one attached hydrogen (secondary N) is 2. The summed E-state index contributed by atoms with van der Waals surface area (Å²) in [5, 5.41) is 15.4. The summed E-state index contributed by atoms with van der Waals surface area (Å²) in [6, 6.07) is 15.7. The molecule has 1 aromatic heterocycles. The van der Waals surface area contributed by atoms with E-state index in [0.29, 0.717) is 5.16 Å². The van der Waals surface area contributed by atoms with Gasteiger partial charge in [-0.2, -0.15) is 5.10 Å². The first-order chi connectivity index (χ1) is 15.5. The van der Waals surface area contributed by atoms with Crippen LogP contribution in [0.5, 0.6) is 0 Å². The minimum Gasteiger partial charge on any atom is -0.372 e. The number of rotatable bonds is 10. The van der Waals surface area contributed by atoms with E-state index in [1.54, 1.807) is 6.21 Å². The first-order valence-corrected chi connectivity index (χ1v) is 12.1. The Morgan fingerprint density at radius 3 is 2.50 bits per heavy atom. The summed E-state index contributed by atoms with van der Waals surface area (Å²) in [5.74, 6) is 6.30. The lowest BCUT2D eigenvalue weighted by molar-refractivity contribution is -0.113. The quantitative estimate of drug-likeness (QED) is 0.113. The Hall–Kier alpha value is -2.80. The number of halogens is 1. The van der Waals surface area contributed by atoms with E-state index < -0.39 is 0 Å². The van der Waals surface area contributed by atoms with Crippen LogP contribution < -0.4 is 21.5 Å². The van der Waals surface area contributed by atoms with E-state index >= 15 is 0 Å². The van der Waals surface area contributed by atoms with Crippen LogP contribution in [0, 0.1) is 3.57 Å². The highest BCUT2D eigenvalue weighted by atomic mass is 127. The molecule has 11 heteroatoms. The third-order valence-corrected chi connectivity index (χ3v) is 6.19. The number of benzene rings is 2. The first kappa shape index (κ1) is 23.9. The highest BCUT2D eigenvalue weighted by molar-refractivity contribution is 14.1. The SMILES string of the molecule is CCN(CC)c1ccc(/C=N/Nc2nnc(SCC(=O)Nc3ccc(I)cc3)n2N)cc1. The van der Waals surface area contributed by atoms with E-state index in [1.165, 1.54) is 22.1 Å². The van der Waals surface area contributed by atoms with Gasteiger partial charge >= 0.3 is 0 Å². The van der Waals surface area contributed by atoms with Gasteiger partial charge in [0.25, 0.3) is 5.95 Å². The van der Waals surface area contributed by atoms with Gasteiger partial charge in [-0.1, -0.05) is 23.9 Å². The molecule has 9 nitrogen and oxygen atoms in total. The fraction of sp³-hybridized carbons (Fsp3) is 0.238. The molecule has 0 aliphatic rings. The molecule has 1 amide bonds. The number of anilines is 3. The fourth-order valence-corrected chi connectivity index (χ4v) is 3.85. The van der Waals surface area contributed by atoms with Crippen molar-refractivity contribution in [1.29, 1.82) is 0 Å². The molecule has 3 rings (SSSR count). The smallest absolute Gasteiger partial charge is 0.264 e. The first-order valence-electron chi connectivity index (χ1n) is 10.0. The van der Waals surface area contributed by atoms with E-state index in [4.69, 9.17) is 5.84 Å². The number of hydrogen-bond donors (Lipinski definition) is 3. The third-order valence-electron chi connectivity index (χ3n) is 4.52. The maximum atomic E-state index is 12.1. The van der Waals surface area contributed by atoms with Gasteiger partial charge in [0.15, 0.2) is 0 Å². The standard InChI is InChI=1S/C21H25IN8OS/c1-3-29(4-2)18-11-5-15(6-12-18)13-24-26-20-27-28-21(30(20)23)32-14-19(31)25-17-9-7-16(22)8-10-17/h5-13H,3-4,14,23H2,1-2H3,(H,25,31)(H,26,27)/b24-13+. The minimum absolute atomic E-state index is 0.153. The number of nitrogens with zero attached hydrogens (tertiary/aromatic N) is 5. The van der Waals surface area contributed by atoms with Crippen molar-refractivity contribution in [2.75, 3.05) is 40.3 Å². The van der Waals surface area contributed by atoms with Gasteiger partial charge in [-0.25, -0.2) is 10.1 Å². The second-order valence-corrected chi connectivity index (χ2v) is 8.84. The summed E-state index contributed by atoms with van der Waals surface area (Å²) in [6.07, 6.45) is 1.68. The number of aromatic nitrogens is 3. The van der Waals surface area contributed by atoms with Crippen molar-refractivity contribution in [1.82, 2.24) is 14.9 Å². The van der Waals surface area contributed by atoms with Crippen molar-refractivity contribution in [2.24, 2.45) is 5.10 Å². The Morgan fingerprint density at radius 2 is 1.84 bits per heavy atom. The largest absolute Gasteiger partial charge is 0.372 e. The number of thioether (sulfide) groups is 1. The van der Waals surface area contributed by atoms with Crippen molar-refractivity contribution < 1.29 is 4.79 Å². The van der Waals surface area contributed by atoms with Gasteiger partial charge in [0.1, 0.15) is 0 Å². The molecule has 0 saturated heterocycles. The summed E-state index contributed by atoms with van der Waals surface area (Å²) in [7, 11) is 0. The molecule has 0 aliphatic heterocycles. The van der Waals surface area contributed by atoms with Gasteiger partial charge in [0.2, 0.25) is 11.1 Å². The van der Waals surface area contributed by atoms with Gasteiger partial charge in [-0.3, -0.25) is 4.79 Å². The van der Waals surface area contributed by atoms with E-state index in [9.17, 15) is 4.79 Å². The van der Waals surface area contributed by atoms with Crippen LogP contribution in [0.15, 0.2) is 58.8 Å². The molecule has 2 aromatic carbocycles. The molecular formula is C21H25IN8OS. The molecule has 0 spiro atoms. The maximum Gasteiger partial charge on any atom is 0.264 e. The zero-order valence-electron chi connectivity index (χ0n) is 17.8. The number of amides is 1. The Morgan fingerprint density at radius 1 is 1.16 bits per heavy atom. The molecule has 4 N–H and O–H groups in total. The van der Waals surface area contributed by atoms with Crippen molar-refractivity contribution in [3.63, 3.8) is 0 Å². The predicted molar refractivity (Wildman–Crippen MR) is 140 cm³/mol. The molecule has 168 valence electrons. The Kier molecular flexibility index (Phi) is 8.73. The van der Waals surface area contributed by atoms with Crippen LogP contribution in [-0.2, 0) is 4.79 Å². The molecular weight excluding hydrogens is 539 g/mol. The molecule has 0 saturated carbocycles. The molecule has 0 atom stereocenters. The van der Waals surface area contributed by atoms with Crippen LogP contribution in [0.3, 0.4) is 0 Å². The number of hydrazone groups is 1.